The van der Waals surface area contributed by atoms with Gasteiger partial charge in [0.25, 0.3) is 0 Å². The molecule has 82 valence electrons. The molecule has 0 saturated heterocycles. The molecule has 0 heterocycles. The highest BCUT2D eigenvalue weighted by Gasteiger charge is 2.10. The lowest BCUT2D eigenvalue weighted by Gasteiger charge is -2.02. The van der Waals surface area contributed by atoms with Crippen LogP contribution >= 0.6 is 0 Å². The predicted octanol–water partition coefficient (Wildman–Crippen LogP) is 1.44. The van der Waals surface area contributed by atoms with Gasteiger partial charge in [-0.2, -0.15) is 5.26 Å². The number of rotatable bonds is 3. The number of hydrogen-bond donors (Lipinski definition) is 0. The minimum absolute atomic E-state index is 0.138. The minimum Gasteiger partial charge on any atom is -0.457 e. The highest BCUT2D eigenvalue weighted by molar-refractivity contribution is 5.98. The summed E-state index contributed by atoms with van der Waals surface area (Å²) in [6, 6.07) is 5.01. The highest BCUT2D eigenvalue weighted by atomic mass is 19.1. The lowest BCUT2D eigenvalue weighted by Crippen LogP contribution is -2.12. The van der Waals surface area contributed by atoms with Crippen LogP contribution < -0.4 is 0 Å². The molecule has 0 bridgehead atoms. The van der Waals surface area contributed by atoms with Crippen molar-refractivity contribution in [3.63, 3.8) is 0 Å². The van der Waals surface area contributed by atoms with E-state index in [0.717, 1.165) is 12.1 Å². The Kier molecular flexibility index (Phi) is 3.72. The smallest absolute Gasteiger partial charge is 0.303 e. The van der Waals surface area contributed by atoms with Gasteiger partial charge in [0.15, 0.2) is 12.4 Å². The van der Waals surface area contributed by atoms with Gasteiger partial charge in [0.05, 0.1) is 5.56 Å². The Bertz CT molecular complexity index is 477. The lowest BCUT2D eigenvalue weighted by atomic mass is 10.1. The maximum absolute atomic E-state index is 12.9. The summed E-state index contributed by atoms with van der Waals surface area (Å²) in [6.07, 6.45) is 0. The molecule has 0 aliphatic rings. The highest BCUT2D eigenvalue weighted by Crippen LogP contribution is 2.10. The number of nitrogens with zero attached hydrogens (tertiary/aromatic N) is 1. The molecule has 0 fully saturated rings. The number of ketones is 1. The third-order valence-corrected chi connectivity index (χ3v) is 1.82. The minimum atomic E-state index is -0.688. The maximum atomic E-state index is 12.9. The first-order valence-electron chi connectivity index (χ1n) is 4.41. The van der Waals surface area contributed by atoms with E-state index < -0.39 is 24.2 Å². The summed E-state index contributed by atoms with van der Waals surface area (Å²) in [5, 5.41) is 8.56. The Balaban J connectivity index is 2.85. The second-order valence-electron chi connectivity index (χ2n) is 3.01. The Hall–Kier alpha value is -2.22. The first-order chi connectivity index (χ1) is 7.54. The summed E-state index contributed by atoms with van der Waals surface area (Å²) < 4.78 is 17.4. The van der Waals surface area contributed by atoms with Crippen molar-refractivity contribution in [1.82, 2.24) is 0 Å². The van der Waals surface area contributed by atoms with Crippen LogP contribution in [0, 0.1) is 17.1 Å². The molecule has 0 atom stereocenters. The van der Waals surface area contributed by atoms with E-state index in [9.17, 15) is 14.0 Å². The Morgan fingerprint density at radius 1 is 1.50 bits per heavy atom. The normalized spacial score (nSPS) is 9.31. The van der Waals surface area contributed by atoms with E-state index in [0.29, 0.717) is 0 Å². The van der Waals surface area contributed by atoms with Gasteiger partial charge in [-0.05, 0) is 18.2 Å². The van der Waals surface area contributed by atoms with Crippen LogP contribution in [-0.4, -0.2) is 18.4 Å². The van der Waals surface area contributed by atoms with E-state index in [1.807, 2.05) is 0 Å². The van der Waals surface area contributed by atoms with Crippen molar-refractivity contribution in [2.75, 3.05) is 6.61 Å². The second kappa shape index (κ2) is 5.03. The second-order valence-corrected chi connectivity index (χ2v) is 3.01. The zero-order valence-corrected chi connectivity index (χ0v) is 8.49. The van der Waals surface area contributed by atoms with Gasteiger partial charge in [0.1, 0.15) is 11.9 Å². The van der Waals surface area contributed by atoms with Crippen molar-refractivity contribution in [3.8, 4) is 6.07 Å². The van der Waals surface area contributed by atoms with Gasteiger partial charge < -0.3 is 4.74 Å². The number of halogens is 1. The van der Waals surface area contributed by atoms with E-state index >= 15 is 0 Å². The summed E-state index contributed by atoms with van der Waals surface area (Å²) in [5.74, 6) is -1.74. The van der Waals surface area contributed by atoms with Crippen molar-refractivity contribution < 1.29 is 18.7 Å². The average molecular weight is 221 g/mol. The number of esters is 1. The number of carbonyl (C=O) groups is 2. The van der Waals surface area contributed by atoms with E-state index in [1.54, 1.807) is 6.07 Å². The number of hydrogen-bond acceptors (Lipinski definition) is 4. The Morgan fingerprint density at radius 3 is 2.75 bits per heavy atom. The quantitative estimate of drug-likeness (QED) is 0.572. The SMILES string of the molecule is CC(=O)OCC(=O)c1ccc(F)c(C#N)c1. The average Bonchev–Trinajstić information content (AvgIpc) is 2.26. The summed E-state index contributed by atoms with van der Waals surface area (Å²) in [5.41, 5.74) is -0.0760. The van der Waals surface area contributed by atoms with Gasteiger partial charge in [0, 0.05) is 12.5 Å². The third kappa shape index (κ3) is 2.89. The van der Waals surface area contributed by atoms with Crippen molar-refractivity contribution in [1.29, 1.82) is 5.26 Å². The zero-order valence-electron chi connectivity index (χ0n) is 8.49. The zero-order chi connectivity index (χ0) is 12.1. The molecule has 0 unspecified atom stereocenters. The van der Waals surface area contributed by atoms with Gasteiger partial charge in [-0.25, -0.2) is 4.39 Å². The molecule has 16 heavy (non-hydrogen) atoms. The molecule has 1 aromatic rings. The summed E-state index contributed by atoms with van der Waals surface area (Å²) in [4.78, 5) is 21.9. The van der Waals surface area contributed by atoms with Gasteiger partial charge in [-0.1, -0.05) is 0 Å². The van der Waals surface area contributed by atoms with Gasteiger partial charge in [-0.3, -0.25) is 9.59 Å². The van der Waals surface area contributed by atoms with Crippen LogP contribution in [0.1, 0.15) is 22.8 Å². The fraction of sp³-hybridized carbons (Fsp3) is 0.182. The van der Waals surface area contributed by atoms with Crippen molar-refractivity contribution in [2.24, 2.45) is 0 Å². The molecule has 0 N–H and O–H groups in total. The molecule has 1 aromatic carbocycles. The van der Waals surface area contributed by atoms with Crippen molar-refractivity contribution in [2.45, 2.75) is 6.92 Å². The molecule has 0 aliphatic heterocycles. The van der Waals surface area contributed by atoms with Gasteiger partial charge in [0.2, 0.25) is 0 Å². The van der Waals surface area contributed by atoms with Gasteiger partial charge in [-0.15, -0.1) is 0 Å². The lowest BCUT2D eigenvalue weighted by molar-refractivity contribution is -0.139. The van der Waals surface area contributed by atoms with Gasteiger partial charge >= 0.3 is 5.97 Å². The molecule has 5 heteroatoms. The number of ether oxygens (including phenoxy) is 1. The largest absolute Gasteiger partial charge is 0.457 e. The summed E-state index contributed by atoms with van der Waals surface area (Å²) >= 11 is 0. The van der Waals surface area contributed by atoms with E-state index in [2.05, 4.69) is 4.74 Å². The fourth-order valence-electron chi connectivity index (χ4n) is 1.03. The van der Waals surface area contributed by atoms with Crippen LogP contribution in [0.2, 0.25) is 0 Å². The van der Waals surface area contributed by atoms with Crippen LogP contribution in [-0.2, 0) is 9.53 Å². The van der Waals surface area contributed by atoms with Crippen LogP contribution in [0.3, 0.4) is 0 Å². The Morgan fingerprint density at radius 2 is 2.19 bits per heavy atom. The summed E-state index contributed by atoms with van der Waals surface area (Å²) in [6.45, 7) is 0.768. The number of nitriles is 1. The van der Waals surface area contributed by atoms with E-state index in [4.69, 9.17) is 5.26 Å². The predicted molar refractivity (Wildman–Crippen MR) is 52.1 cm³/mol. The van der Waals surface area contributed by atoms with Crippen LogP contribution in [0.25, 0.3) is 0 Å². The maximum Gasteiger partial charge on any atom is 0.303 e. The monoisotopic (exact) mass is 221 g/mol. The number of benzene rings is 1. The molecule has 0 amide bonds. The van der Waals surface area contributed by atoms with Crippen molar-refractivity contribution in [3.05, 3.63) is 35.1 Å². The molecule has 1 rings (SSSR count). The number of carbonyl (C=O) groups excluding carboxylic acids is 2. The Labute approximate surface area is 91.3 Å². The first kappa shape index (κ1) is 11.9. The molecular weight excluding hydrogens is 213 g/mol. The standard InChI is InChI=1S/C11H8FNO3/c1-7(14)16-6-11(15)8-2-3-10(12)9(4-8)5-13/h2-4H,6H2,1H3. The van der Waals surface area contributed by atoms with Crippen LogP contribution in [0.4, 0.5) is 4.39 Å². The van der Waals surface area contributed by atoms with Crippen molar-refractivity contribution >= 4 is 11.8 Å². The molecule has 0 aromatic heterocycles. The topological polar surface area (TPSA) is 67.2 Å². The van der Waals surface area contributed by atoms with E-state index in [1.165, 1.54) is 13.0 Å². The third-order valence-electron chi connectivity index (χ3n) is 1.82. The molecule has 0 saturated carbocycles. The molecule has 0 radical (unpaired) electrons. The fourth-order valence-corrected chi connectivity index (χ4v) is 1.03. The first-order valence-corrected chi connectivity index (χ1v) is 4.41. The van der Waals surface area contributed by atoms with Crippen LogP contribution in [0.15, 0.2) is 18.2 Å². The van der Waals surface area contributed by atoms with E-state index in [-0.39, 0.29) is 11.1 Å². The molecule has 4 nitrogen and oxygen atoms in total. The molecule has 0 spiro atoms. The number of Topliss-reactive ketones (excluding diaryl/α,β-unsaturated/α-hetero) is 1. The summed E-state index contributed by atoms with van der Waals surface area (Å²) in [7, 11) is 0. The van der Waals surface area contributed by atoms with Crippen LogP contribution in [0.5, 0.6) is 0 Å². The molecule has 0 aliphatic carbocycles. The molecular formula is C11H8FNO3.